The number of aryl methyl sites for hydroxylation is 1. The second-order valence-electron chi connectivity index (χ2n) is 6.22. The topological polar surface area (TPSA) is 87.6 Å². The second-order valence-corrected chi connectivity index (χ2v) is 6.22. The number of hydrogen-bond acceptors (Lipinski definition) is 7. The molecule has 3 heterocycles. The molecule has 1 fully saturated rings. The minimum absolute atomic E-state index is 0.0237. The third-order valence-corrected chi connectivity index (χ3v) is 4.27. The maximum absolute atomic E-state index is 12.1. The van der Waals surface area contributed by atoms with E-state index in [-0.39, 0.29) is 5.91 Å². The first-order valence-electron chi connectivity index (χ1n) is 8.78. The van der Waals surface area contributed by atoms with E-state index in [2.05, 4.69) is 25.3 Å². The molecule has 1 N–H and O–H groups in total. The Morgan fingerprint density at radius 2 is 2.12 bits per heavy atom. The van der Waals surface area contributed by atoms with Crippen molar-refractivity contribution in [2.24, 2.45) is 0 Å². The van der Waals surface area contributed by atoms with E-state index in [1.807, 2.05) is 19.1 Å². The van der Waals surface area contributed by atoms with E-state index < -0.39 is 0 Å². The van der Waals surface area contributed by atoms with Crippen LogP contribution in [-0.4, -0.2) is 58.6 Å². The smallest absolute Gasteiger partial charge is 0.234 e. The van der Waals surface area contributed by atoms with Crippen LogP contribution in [0.4, 0.5) is 0 Å². The molecular weight excluding hydrogens is 322 g/mol. The van der Waals surface area contributed by atoms with E-state index in [0.29, 0.717) is 25.5 Å². The maximum atomic E-state index is 12.1. The summed E-state index contributed by atoms with van der Waals surface area (Å²) in [6.07, 6.45) is 3.38. The second kappa shape index (κ2) is 8.77. The van der Waals surface area contributed by atoms with E-state index in [0.717, 1.165) is 50.6 Å². The van der Waals surface area contributed by atoms with Crippen molar-refractivity contribution in [1.29, 1.82) is 0 Å². The summed E-state index contributed by atoms with van der Waals surface area (Å²) in [5.74, 6) is 2.21. The molecule has 0 atom stereocenters. The number of nitrogens with one attached hydrogen (secondary N) is 1. The molecule has 8 heteroatoms. The Bertz CT molecular complexity index is 655. The van der Waals surface area contributed by atoms with Gasteiger partial charge in [-0.1, -0.05) is 12.1 Å². The van der Waals surface area contributed by atoms with Gasteiger partial charge < -0.3 is 14.3 Å². The van der Waals surface area contributed by atoms with Gasteiger partial charge >= 0.3 is 0 Å². The van der Waals surface area contributed by atoms with Crippen LogP contribution in [0.5, 0.6) is 0 Å². The van der Waals surface area contributed by atoms with Crippen LogP contribution in [0, 0.1) is 0 Å². The van der Waals surface area contributed by atoms with Crippen molar-refractivity contribution >= 4 is 5.91 Å². The zero-order valence-corrected chi connectivity index (χ0v) is 14.6. The van der Waals surface area contributed by atoms with Crippen LogP contribution in [0.15, 0.2) is 27.3 Å². The lowest BCUT2D eigenvalue weighted by Gasteiger charge is -2.20. The zero-order valence-electron chi connectivity index (χ0n) is 14.6. The van der Waals surface area contributed by atoms with Gasteiger partial charge in [0.15, 0.2) is 5.82 Å². The van der Waals surface area contributed by atoms with Crippen molar-refractivity contribution in [3.05, 3.63) is 35.9 Å². The average Bonchev–Trinajstić information content (AvgIpc) is 3.24. The predicted molar refractivity (Wildman–Crippen MR) is 90.6 cm³/mol. The normalized spacial score (nSPS) is 16.7. The van der Waals surface area contributed by atoms with Gasteiger partial charge in [0.05, 0.1) is 25.9 Å². The fraction of sp³-hybridized carbons (Fsp3) is 0.588. The summed E-state index contributed by atoms with van der Waals surface area (Å²) in [4.78, 5) is 20.9. The fourth-order valence-corrected chi connectivity index (χ4v) is 2.90. The molecule has 0 bridgehead atoms. The predicted octanol–water partition coefficient (Wildman–Crippen LogP) is 1.05. The summed E-state index contributed by atoms with van der Waals surface area (Å²) >= 11 is 0. The molecule has 1 saturated heterocycles. The van der Waals surface area contributed by atoms with Crippen molar-refractivity contribution in [2.75, 3.05) is 32.7 Å². The van der Waals surface area contributed by atoms with Gasteiger partial charge in [0.1, 0.15) is 5.76 Å². The molecular formula is C17H25N5O3. The molecule has 0 radical (unpaired) electrons. The summed E-state index contributed by atoms with van der Waals surface area (Å²) in [5, 5.41) is 6.91. The summed E-state index contributed by atoms with van der Waals surface area (Å²) < 4.78 is 10.4. The lowest BCUT2D eigenvalue weighted by molar-refractivity contribution is -0.122. The van der Waals surface area contributed by atoms with E-state index >= 15 is 0 Å². The van der Waals surface area contributed by atoms with E-state index in [1.165, 1.54) is 0 Å². The number of carbonyl (C=O) groups is 1. The molecule has 0 aliphatic carbocycles. The molecule has 2 aromatic rings. The molecule has 3 rings (SSSR count). The van der Waals surface area contributed by atoms with Gasteiger partial charge in [-0.3, -0.25) is 14.6 Å². The molecule has 0 unspecified atom stereocenters. The zero-order chi connectivity index (χ0) is 17.5. The summed E-state index contributed by atoms with van der Waals surface area (Å²) in [7, 11) is 0. The third kappa shape index (κ3) is 5.40. The van der Waals surface area contributed by atoms with Crippen molar-refractivity contribution in [2.45, 2.75) is 32.9 Å². The van der Waals surface area contributed by atoms with E-state index in [1.54, 1.807) is 6.26 Å². The highest BCUT2D eigenvalue weighted by molar-refractivity contribution is 5.77. The molecule has 0 aromatic carbocycles. The standard InChI is InChI=1S/C17H25N5O3/c1-2-17-19-15(20-25-17)12-21-6-4-7-22(9-8-21)13-16(23)18-11-14-5-3-10-24-14/h3,5,10H,2,4,6-9,11-13H2,1H3,(H,18,23). The maximum Gasteiger partial charge on any atom is 0.234 e. The molecule has 0 saturated carbocycles. The lowest BCUT2D eigenvalue weighted by atomic mass is 10.3. The quantitative estimate of drug-likeness (QED) is 0.801. The number of amides is 1. The van der Waals surface area contributed by atoms with Gasteiger partial charge in [0.25, 0.3) is 0 Å². The molecule has 1 aliphatic heterocycles. The van der Waals surface area contributed by atoms with Crippen LogP contribution in [0.25, 0.3) is 0 Å². The first-order valence-corrected chi connectivity index (χ1v) is 8.78. The van der Waals surface area contributed by atoms with E-state index in [9.17, 15) is 4.79 Å². The van der Waals surface area contributed by atoms with Crippen molar-refractivity contribution < 1.29 is 13.7 Å². The largest absolute Gasteiger partial charge is 0.467 e. The molecule has 1 amide bonds. The average molecular weight is 347 g/mol. The number of nitrogens with zero attached hydrogens (tertiary/aromatic N) is 4. The molecule has 8 nitrogen and oxygen atoms in total. The third-order valence-electron chi connectivity index (χ3n) is 4.27. The van der Waals surface area contributed by atoms with Gasteiger partial charge in [0, 0.05) is 19.5 Å². The van der Waals surface area contributed by atoms with Crippen molar-refractivity contribution in [3.8, 4) is 0 Å². The van der Waals surface area contributed by atoms with Crippen LogP contribution in [0.2, 0.25) is 0 Å². The van der Waals surface area contributed by atoms with Crippen molar-refractivity contribution in [3.63, 3.8) is 0 Å². The number of carbonyl (C=O) groups excluding carboxylic acids is 1. The Hall–Kier alpha value is -2.19. The Balaban J connectivity index is 1.40. The van der Waals surface area contributed by atoms with Crippen LogP contribution >= 0.6 is 0 Å². The highest BCUT2D eigenvalue weighted by atomic mass is 16.5. The number of hydrogen-bond donors (Lipinski definition) is 1. The van der Waals surface area contributed by atoms with Gasteiger partial charge in [-0.2, -0.15) is 4.98 Å². The van der Waals surface area contributed by atoms with Gasteiger partial charge in [0.2, 0.25) is 11.8 Å². The van der Waals surface area contributed by atoms with Crippen LogP contribution in [-0.2, 0) is 24.3 Å². The first-order chi connectivity index (χ1) is 12.2. The molecule has 25 heavy (non-hydrogen) atoms. The van der Waals surface area contributed by atoms with Gasteiger partial charge in [-0.15, -0.1) is 0 Å². The minimum atomic E-state index is 0.0237. The molecule has 2 aromatic heterocycles. The number of aromatic nitrogens is 2. The minimum Gasteiger partial charge on any atom is -0.467 e. The number of rotatable bonds is 7. The van der Waals surface area contributed by atoms with E-state index in [4.69, 9.17) is 8.94 Å². The Morgan fingerprint density at radius 3 is 2.88 bits per heavy atom. The summed E-state index contributed by atoms with van der Waals surface area (Å²) in [6.45, 7) is 7.17. The summed E-state index contributed by atoms with van der Waals surface area (Å²) in [5.41, 5.74) is 0. The lowest BCUT2D eigenvalue weighted by Crippen LogP contribution is -2.39. The SMILES string of the molecule is CCc1nc(CN2CCCN(CC(=O)NCc3ccco3)CC2)no1. The van der Waals surface area contributed by atoms with Crippen LogP contribution < -0.4 is 5.32 Å². The number of furan rings is 1. The summed E-state index contributed by atoms with van der Waals surface area (Å²) in [6, 6.07) is 3.67. The van der Waals surface area contributed by atoms with Crippen LogP contribution in [0.1, 0.15) is 30.8 Å². The Kier molecular flexibility index (Phi) is 6.19. The molecule has 0 spiro atoms. The highest BCUT2D eigenvalue weighted by Gasteiger charge is 2.18. The Morgan fingerprint density at radius 1 is 1.28 bits per heavy atom. The molecule has 1 aliphatic rings. The molecule has 136 valence electrons. The van der Waals surface area contributed by atoms with Gasteiger partial charge in [-0.25, -0.2) is 0 Å². The highest BCUT2D eigenvalue weighted by Crippen LogP contribution is 2.08. The fourth-order valence-electron chi connectivity index (χ4n) is 2.90. The van der Waals surface area contributed by atoms with Crippen molar-refractivity contribution in [1.82, 2.24) is 25.3 Å². The Labute approximate surface area is 147 Å². The van der Waals surface area contributed by atoms with Gasteiger partial charge in [-0.05, 0) is 31.6 Å². The van der Waals surface area contributed by atoms with Crippen LogP contribution in [0.3, 0.4) is 0 Å². The monoisotopic (exact) mass is 347 g/mol. The first kappa shape index (κ1) is 17.6.